The highest BCUT2D eigenvalue weighted by molar-refractivity contribution is 6.13. The van der Waals surface area contributed by atoms with Crippen LogP contribution in [0.3, 0.4) is 0 Å². The monoisotopic (exact) mass is 501 g/mol. The van der Waals surface area contributed by atoms with Crippen molar-refractivity contribution in [3.63, 3.8) is 0 Å². The number of para-hydroxylation sites is 1. The summed E-state index contributed by atoms with van der Waals surface area (Å²) in [5, 5.41) is 45.5. The lowest BCUT2D eigenvalue weighted by Crippen LogP contribution is -2.43. The normalized spacial score (nSPS) is 11.2. The van der Waals surface area contributed by atoms with E-state index in [1.165, 1.54) is 42.5 Å². The van der Waals surface area contributed by atoms with E-state index in [1.54, 1.807) is 19.1 Å². The lowest BCUT2D eigenvalue weighted by atomic mass is 10.2. The number of hydrogen-bond acceptors (Lipinski definition) is 11. The lowest BCUT2D eigenvalue weighted by Gasteiger charge is -2.37. The van der Waals surface area contributed by atoms with Crippen molar-refractivity contribution < 1.29 is 20.0 Å². The summed E-state index contributed by atoms with van der Waals surface area (Å²) in [6.07, 6.45) is 0. The zero-order valence-electron chi connectivity index (χ0n) is 19.2. The van der Waals surface area contributed by atoms with Crippen LogP contribution in [0.4, 0.5) is 17.3 Å². The zero-order valence-corrected chi connectivity index (χ0v) is 19.2. The number of anilines is 2. The maximum atomic E-state index is 12.9. The Bertz CT molecular complexity index is 1440. The molecule has 0 radical (unpaired) electrons. The fraction of sp³-hybridized carbons (Fsp3) is 0.0417. The van der Waals surface area contributed by atoms with Gasteiger partial charge >= 0.3 is 0 Å². The van der Waals surface area contributed by atoms with Crippen molar-refractivity contribution in [3.8, 4) is 0 Å². The molecular weight excluding hydrogens is 482 g/mol. The summed E-state index contributed by atoms with van der Waals surface area (Å²) in [6, 6.07) is 17.6. The molecule has 188 valence electrons. The molecule has 4 N–H and O–H groups in total. The molecule has 2 amide bonds. The zero-order chi connectivity index (χ0) is 26.5. The molecule has 1 heterocycles. The molecule has 0 atom stereocenters. The number of aryl methyl sites for hydroxylation is 1. The van der Waals surface area contributed by atoms with Gasteiger partial charge in [0.1, 0.15) is 0 Å². The van der Waals surface area contributed by atoms with Crippen LogP contribution in [0.5, 0.6) is 0 Å². The van der Waals surface area contributed by atoms with Gasteiger partial charge in [-0.1, -0.05) is 30.3 Å². The first-order chi connectivity index (χ1) is 17.7. The van der Waals surface area contributed by atoms with Gasteiger partial charge in [-0.05, 0) is 49.4 Å². The van der Waals surface area contributed by atoms with E-state index in [4.69, 9.17) is 0 Å². The molecule has 13 nitrogen and oxygen atoms in total. The minimum absolute atomic E-state index is 0.0125. The third-order valence-corrected chi connectivity index (χ3v) is 5.12. The molecule has 0 aliphatic heterocycles. The number of rotatable bonds is 5. The van der Waals surface area contributed by atoms with Gasteiger partial charge in [0.2, 0.25) is 5.96 Å². The van der Waals surface area contributed by atoms with E-state index < -0.39 is 17.0 Å². The van der Waals surface area contributed by atoms with Gasteiger partial charge in [-0.3, -0.25) is 30.6 Å². The van der Waals surface area contributed by atoms with E-state index in [1.807, 2.05) is 12.1 Å². The van der Waals surface area contributed by atoms with Crippen molar-refractivity contribution in [2.24, 2.45) is 4.99 Å². The summed E-state index contributed by atoms with van der Waals surface area (Å²) >= 11 is 0. The second-order valence-electron chi connectivity index (χ2n) is 7.64. The molecule has 37 heavy (non-hydrogen) atoms. The molecule has 0 saturated carbocycles. The van der Waals surface area contributed by atoms with E-state index in [0.717, 1.165) is 11.5 Å². The van der Waals surface area contributed by atoms with Crippen LogP contribution < -0.4 is 21.1 Å². The van der Waals surface area contributed by atoms with Crippen LogP contribution in [0.25, 0.3) is 10.9 Å². The molecule has 0 fully saturated rings. The summed E-state index contributed by atoms with van der Waals surface area (Å²) in [4.78, 5) is 38.6. The standard InChI is InChI=1S/C24H19N7O6/c1-14-19-10-2-3-11-20(19)26-23(25-14)29-24(27-21(32)15-6-4-8-17(12-15)30(34)35)28-22(33)16-7-5-9-18(13-16)31(36)37/h2-13,34-35H,1H3,(H2,25,26,27,28,29,32,33)/q-2. The van der Waals surface area contributed by atoms with Crippen LogP contribution in [0.15, 0.2) is 77.8 Å². The van der Waals surface area contributed by atoms with Crippen molar-refractivity contribution in [1.82, 2.24) is 20.6 Å². The summed E-state index contributed by atoms with van der Waals surface area (Å²) in [5.74, 6) is -1.95. The SMILES string of the molecule is Cc1nc(N=C(NC(=O)c2cccc(N([O-])[O-])c2)NC(=O)c2cccc(N(O)O)c2)nc2ccccc12. The van der Waals surface area contributed by atoms with Crippen molar-refractivity contribution in [2.75, 3.05) is 10.5 Å². The van der Waals surface area contributed by atoms with Gasteiger partial charge in [0.05, 0.1) is 16.9 Å². The highest BCUT2D eigenvalue weighted by Crippen LogP contribution is 2.19. The predicted molar refractivity (Wildman–Crippen MR) is 134 cm³/mol. The Hall–Kier alpha value is -4.95. The summed E-state index contributed by atoms with van der Waals surface area (Å²) in [5.41, 5.74) is 0.781. The second kappa shape index (κ2) is 10.8. The van der Waals surface area contributed by atoms with E-state index >= 15 is 0 Å². The Morgan fingerprint density at radius 3 is 2.05 bits per heavy atom. The minimum Gasteiger partial charge on any atom is -0.769 e. The molecule has 0 bridgehead atoms. The average molecular weight is 501 g/mol. The van der Waals surface area contributed by atoms with Gasteiger partial charge in [0.25, 0.3) is 17.8 Å². The fourth-order valence-electron chi connectivity index (χ4n) is 3.35. The quantitative estimate of drug-likeness (QED) is 0.179. The summed E-state index contributed by atoms with van der Waals surface area (Å²) < 4.78 is 0. The maximum Gasteiger partial charge on any atom is 0.258 e. The molecule has 0 aliphatic rings. The number of guanidine groups is 1. The van der Waals surface area contributed by atoms with Crippen LogP contribution in [0, 0.1) is 17.3 Å². The average Bonchev–Trinajstić information content (AvgIpc) is 2.88. The smallest absolute Gasteiger partial charge is 0.258 e. The molecule has 0 unspecified atom stereocenters. The number of benzene rings is 3. The highest BCUT2D eigenvalue weighted by atomic mass is 16.8. The van der Waals surface area contributed by atoms with Gasteiger partial charge in [-0.15, -0.1) is 5.23 Å². The Kier molecular flexibility index (Phi) is 7.31. The van der Waals surface area contributed by atoms with Crippen molar-refractivity contribution in [1.29, 1.82) is 0 Å². The maximum absolute atomic E-state index is 12.9. The van der Waals surface area contributed by atoms with Gasteiger partial charge in [-0.25, -0.2) is 9.97 Å². The molecular formula is C24H19N7O6-2. The number of nitrogens with one attached hydrogen (secondary N) is 2. The predicted octanol–water partition coefficient (Wildman–Crippen LogP) is 3.17. The van der Waals surface area contributed by atoms with Gasteiger partial charge in [0.15, 0.2) is 0 Å². The Labute approximate surface area is 209 Å². The van der Waals surface area contributed by atoms with E-state index in [-0.39, 0.29) is 39.6 Å². The first-order valence-electron chi connectivity index (χ1n) is 10.7. The Balaban J connectivity index is 1.70. The molecule has 0 spiro atoms. The topological polar surface area (TPSA) is 189 Å². The molecule has 0 aliphatic carbocycles. The Morgan fingerprint density at radius 1 is 0.838 bits per heavy atom. The van der Waals surface area contributed by atoms with Crippen LogP contribution >= 0.6 is 0 Å². The Morgan fingerprint density at radius 2 is 1.43 bits per heavy atom. The third-order valence-electron chi connectivity index (χ3n) is 5.12. The molecule has 0 saturated heterocycles. The van der Waals surface area contributed by atoms with Crippen LogP contribution in [0.2, 0.25) is 0 Å². The number of hydrogen-bond donors (Lipinski definition) is 4. The van der Waals surface area contributed by atoms with E-state index in [0.29, 0.717) is 11.2 Å². The van der Waals surface area contributed by atoms with Gasteiger partial charge in [0, 0.05) is 22.2 Å². The van der Waals surface area contributed by atoms with E-state index in [9.17, 15) is 30.4 Å². The summed E-state index contributed by atoms with van der Waals surface area (Å²) in [6.45, 7) is 1.75. The van der Waals surface area contributed by atoms with Crippen molar-refractivity contribution >= 4 is 46.0 Å². The molecule has 1 aromatic heterocycles. The number of aromatic nitrogens is 2. The molecule has 4 rings (SSSR count). The van der Waals surface area contributed by atoms with Crippen LogP contribution in [-0.4, -0.2) is 38.2 Å². The number of carbonyl (C=O) groups is 2. The van der Waals surface area contributed by atoms with Crippen molar-refractivity contribution in [2.45, 2.75) is 6.92 Å². The summed E-state index contributed by atoms with van der Waals surface area (Å²) in [7, 11) is 0. The highest BCUT2D eigenvalue weighted by Gasteiger charge is 2.16. The largest absolute Gasteiger partial charge is 0.769 e. The lowest BCUT2D eigenvalue weighted by molar-refractivity contribution is 0.0291. The van der Waals surface area contributed by atoms with Crippen molar-refractivity contribution in [3.05, 3.63) is 100 Å². The minimum atomic E-state index is -0.786. The first-order valence-corrected chi connectivity index (χ1v) is 10.7. The van der Waals surface area contributed by atoms with E-state index in [2.05, 4.69) is 25.6 Å². The molecule has 3 aromatic carbocycles. The third kappa shape index (κ3) is 6.01. The second-order valence-corrected chi connectivity index (χ2v) is 7.64. The van der Waals surface area contributed by atoms with Crippen LogP contribution in [0.1, 0.15) is 26.4 Å². The van der Waals surface area contributed by atoms with Gasteiger partial charge in [-0.2, -0.15) is 4.99 Å². The number of amides is 2. The molecule has 13 heteroatoms. The number of nitrogens with zero attached hydrogens (tertiary/aromatic N) is 5. The van der Waals surface area contributed by atoms with Gasteiger partial charge < -0.3 is 15.6 Å². The number of fused-ring (bicyclic) bond motifs is 1. The fourth-order valence-corrected chi connectivity index (χ4v) is 3.35. The number of carbonyl (C=O) groups excluding carboxylic acids is 2. The van der Waals surface area contributed by atoms with Crippen LogP contribution in [-0.2, 0) is 0 Å². The first kappa shape index (κ1) is 25.2. The number of aliphatic imine (C=N–C) groups is 1. The molecule has 4 aromatic rings.